The summed E-state index contributed by atoms with van der Waals surface area (Å²) >= 11 is 0. The molecule has 0 spiro atoms. The number of fused-ring (bicyclic) bond motifs is 1. The highest BCUT2D eigenvalue weighted by Crippen LogP contribution is 2.52. The molecule has 5 rings (SSSR count). The van der Waals surface area contributed by atoms with Crippen LogP contribution < -0.4 is 14.8 Å². The van der Waals surface area contributed by atoms with Crippen LogP contribution in [0.3, 0.4) is 0 Å². The van der Waals surface area contributed by atoms with Gasteiger partial charge in [0.15, 0.2) is 5.54 Å². The van der Waals surface area contributed by atoms with Crippen LogP contribution >= 0.6 is 0 Å². The molecule has 0 aliphatic carbocycles. The molecule has 1 amide bonds. The second-order valence-corrected chi connectivity index (χ2v) is 13.2. The zero-order valence-corrected chi connectivity index (χ0v) is 25.8. The van der Waals surface area contributed by atoms with Gasteiger partial charge in [-0.1, -0.05) is 102 Å². The van der Waals surface area contributed by atoms with Crippen LogP contribution in [-0.4, -0.2) is 24.1 Å². The summed E-state index contributed by atoms with van der Waals surface area (Å²) in [4.78, 5) is 28.5. The molecule has 4 aromatic carbocycles. The maximum Gasteiger partial charge on any atom is 0.343 e. The van der Waals surface area contributed by atoms with E-state index in [1.54, 1.807) is 37.4 Å². The molecule has 4 aromatic rings. The minimum atomic E-state index is -1.63. The first-order valence-electron chi connectivity index (χ1n) is 14.5. The number of phenols is 1. The van der Waals surface area contributed by atoms with E-state index in [-0.39, 0.29) is 5.75 Å². The molecule has 1 aliphatic heterocycles. The molecule has 6 heteroatoms. The second-order valence-electron chi connectivity index (χ2n) is 13.2. The van der Waals surface area contributed by atoms with Gasteiger partial charge in [-0.05, 0) is 63.4 Å². The number of hydrogen-bond donors (Lipinski definition) is 2. The van der Waals surface area contributed by atoms with Crippen molar-refractivity contribution in [2.75, 3.05) is 7.11 Å². The average molecular weight is 578 g/mol. The molecule has 6 nitrogen and oxygen atoms in total. The molecule has 2 atom stereocenters. The Kier molecular flexibility index (Phi) is 7.59. The Labute approximate surface area is 253 Å². The highest BCUT2D eigenvalue weighted by molar-refractivity contribution is 6.00. The van der Waals surface area contributed by atoms with Crippen molar-refractivity contribution >= 4 is 11.9 Å². The normalized spacial score (nSPS) is 18.4. The average Bonchev–Trinajstić information content (AvgIpc) is 2.97. The topological polar surface area (TPSA) is 84.9 Å². The summed E-state index contributed by atoms with van der Waals surface area (Å²) in [6.45, 7) is 12.3. The van der Waals surface area contributed by atoms with Gasteiger partial charge in [-0.25, -0.2) is 4.79 Å². The fraction of sp³-hybridized carbons (Fsp3) is 0.297. The summed E-state index contributed by atoms with van der Waals surface area (Å²) in [6, 6.07) is 27.4. The van der Waals surface area contributed by atoms with Gasteiger partial charge >= 0.3 is 5.97 Å². The van der Waals surface area contributed by atoms with Crippen molar-refractivity contribution < 1.29 is 24.2 Å². The first-order chi connectivity index (χ1) is 20.3. The van der Waals surface area contributed by atoms with Crippen LogP contribution in [0.5, 0.6) is 17.2 Å². The van der Waals surface area contributed by atoms with Crippen molar-refractivity contribution in [1.82, 2.24) is 5.32 Å². The first-order valence-corrected chi connectivity index (χ1v) is 14.5. The van der Waals surface area contributed by atoms with Crippen molar-refractivity contribution in [1.29, 1.82) is 0 Å². The number of amides is 1. The number of para-hydroxylation sites is 1. The summed E-state index contributed by atoms with van der Waals surface area (Å²) in [5.41, 5.74) is 1.58. The molecule has 0 bridgehead atoms. The third-order valence-corrected chi connectivity index (χ3v) is 8.16. The van der Waals surface area contributed by atoms with Gasteiger partial charge in [0.05, 0.1) is 13.0 Å². The molecule has 1 heterocycles. The monoisotopic (exact) mass is 577 g/mol. The molecule has 1 aliphatic rings. The lowest BCUT2D eigenvalue weighted by Crippen LogP contribution is -2.59. The number of phenolic OH excluding ortho intramolecular Hbond substituents is 1. The highest BCUT2D eigenvalue weighted by atomic mass is 16.5. The van der Waals surface area contributed by atoms with Gasteiger partial charge in [0, 0.05) is 11.1 Å². The number of nitrogens with one attached hydrogen (secondary N) is 1. The molecule has 0 fully saturated rings. The van der Waals surface area contributed by atoms with E-state index in [4.69, 9.17) is 9.47 Å². The fourth-order valence-corrected chi connectivity index (χ4v) is 5.91. The van der Waals surface area contributed by atoms with Gasteiger partial charge < -0.3 is 19.9 Å². The molecule has 2 N–H and O–H groups in total. The fourth-order valence-electron chi connectivity index (χ4n) is 5.91. The number of rotatable bonds is 5. The van der Waals surface area contributed by atoms with E-state index in [2.05, 4.69) is 46.9 Å². The van der Waals surface area contributed by atoms with E-state index >= 15 is 0 Å². The molecule has 0 aromatic heterocycles. The van der Waals surface area contributed by atoms with Gasteiger partial charge in [0.25, 0.3) is 5.91 Å². The van der Waals surface area contributed by atoms with Crippen LogP contribution in [0.4, 0.5) is 0 Å². The second kappa shape index (κ2) is 10.9. The van der Waals surface area contributed by atoms with Gasteiger partial charge in [0.1, 0.15) is 17.2 Å². The largest absolute Gasteiger partial charge is 0.507 e. The summed E-state index contributed by atoms with van der Waals surface area (Å²) in [6.07, 6.45) is 0. The Balaban J connectivity index is 1.84. The van der Waals surface area contributed by atoms with E-state index in [0.717, 1.165) is 22.3 Å². The van der Waals surface area contributed by atoms with E-state index in [0.29, 0.717) is 22.6 Å². The zero-order valence-electron chi connectivity index (χ0n) is 25.8. The van der Waals surface area contributed by atoms with Crippen molar-refractivity contribution in [2.24, 2.45) is 0 Å². The SMILES string of the molecule is COc1ccc(C(=O)N[C@]2(c3ccccc3)C(=O)Oc3ccccc3[C@H]2c2cc(C(C)(C)C)c(O)c(C(C)(C)C)c2)cc1. The maximum absolute atomic E-state index is 14.5. The maximum atomic E-state index is 14.5. The summed E-state index contributed by atoms with van der Waals surface area (Å²) < 4.78 is 11.3. The smallest absolute Gasteiger partial charge is 0.343 e. The predicted octanol–water partition coefficient (Wildman–Crippen LogP) is 7.37. The molecule has 43 heavy (non-hydrogen) atoms. The van der Waals surface area contributed by atoms with E-state index in [1.807, 2.05) is 60.7 Å². The zero-order chi connectivity index (χ0) is 31.2. The Morgan fingerprint density at radius 1 is 0.837 bits per heavy atom. The summed E-state index contributed by atoms with van der Waals surface area (Å²) in [5, 5.41) is 14.7. The molecular formula is C37H39NO5. The van der Waals surface area contributed by atoms with Crippen molar-refractivity contribution in [2.45, 2.75) is 63.8 Å². The third-order valence-electron chi connectivity index (χ3n) is 8.16. The van der Waals surface area contributed by atoms with Crippen molar-refractivity contribution in [3.63, 3.8) is 0 Å². The number of esters is 1. The van der Waals surface area contributed by atoms with E-state index in [9.17, 15) is 14.7 Å². The Morgan fingerprint density at radius 2 is 1.40 bits per heavy atom. The molecule has 222 valence electrons. The first kappa shape index (κ1) is 29.9. The molecule has 0 radical (unpaired) electrons. The summed E-state index contributed by atoms with van der Waals surface area (Å²) in [5.74, 6) is -0.414. The Hall–Kier alpha value is -4.58. The Morgan fingerprint density at radius 3 is 1.95 bits per heavy atom. The molecular weight excluding hydrogens is 538 g/mol. The molecule has 0 saturated heterocycles. The lowest BCUT2D eigenvalue weighted by atomic mass is 9.67. The highest BCUT2D eigenvalue weighted by Gasteiger charge is 2.55. The predicted molar refractivity (Wildman–Crippen MR) is 168 cm³/mol. The van der Waals surface area contributed by atoms with E-state index < -0.39 is 34.2 Å². The lowest BCUT2D eigenvalue weighted by Gasteiger charge is -2.44. The number of benzene rings is 4. The third kappa shape index (κ3) is 5.38. The lowest BCUT2D eigenvalue weighted by molar-refractivity contribution is -0.144. The number of hydrogen-bond acceptors (Lipinski definition) is 5. The standard InChI is InChI=1S/C37H39NO5/c1-35(2,3)28-21-24(22-29(32(28)39)36(4,5)6)31-27-15-11-12-16-30(27)43-34(41)37(31,25-13-9-8-10-14-25)38-33(40)23-17-19-26(42-7)20-18-23/h8-22,31,39H,1-7H3,(H,38,40)/t31-,37+/m1/s1. The van der Waals surface area contributed by atoms with Crippen molar-refractivity contribution in [3.05, 3.63) is 124 Å². The van der Waals surface area contributed by atoms with Crippen LogP contribution in [-0.2, 0) is 21.2 Å². The van der Waals surface area contributed by atoms with Gasteiger partial charge in [-0.2, -0.15) is 0 Å². The molecule has 0 unspecified atom stereocenters. The van der Waals surface area contributed by atoms with Gasteiger partial charge in [-0.3, -0.25) is 4.79 Å². The van der Waals surface area contributed by atoms with E-state index in [1.165, 1.54) is 0 Å². The van der Waals surface area contributed by atoms with Crippen LogP contribution in [0.1, 0.15) is 85.6 Å². The van der Waals surface area contributed by atoms with Gasteiger partial charge in [0.2, 0.25) is 0 Å². The number of carbonyl (C=O) groups is 2. The summed E-state index contributed by atoms with van der Waals surface area (Å²) in [7, 11) is 1.56. The minimum absolute atomic E-state index is 0.239. The van der Waals surface area contributed by atoms with Gasteiger partial charge in [-0.15, -0.1) is 0 Å². The number of methoxy groups -OCH3 is 1. The Bertz CT molecular complexity index is 1630. The minimum Gasteiger partial charge on any atom is -0.507 e. The quantitative estimate of drug-likeness (QED) is 0.191. The molecule has 0 saturated carbocycles. The number of ether oxygens (including phenoxy) is 2. The number of carbonyl (C=O) groups excluding carboxylic acids is 2. The number of aromatic hydroxyl groups is 1. The van der Waals surface area contributed by atoms with Crippen LogP contribution in [0.2, 0.25) is 0 Å². The van der Waals surface area contributed by atoms with Crippen molar-refractivity contribution in [3.8, 4) is 17.2 Å². The van der Waals surface area contributed by atoms with Crippen LogP contribution in [0, 0.1) is 0 Å². The van der Waals surface area contributed by atoms with Crippen LogP contribution in [0.15, 0.2) is 91.0 Å². The van der Waals surface area contributed by atoms with Crippen LogP contribution in [0.25, 0.3) is 0 Å².